The van der Waals surface area contributed by atoms with Crippen molar-refractivity contribution in [2.24, 2.45) is 5.73 Å². The van der Waals surface area contributed by atoms with E-state index in [-0.39, 0.29) is 30.8 Å². The number of benzene rings is 2. The Bertz CT molecular complexity index is 2500. The largest absolute Gasteiger partial charge is 0.508 e. The number of rotatable bonds is 17. The number of nitrogens with two attached hydrogens (primary N) is 1. The van der Waals surface area contributed by atoms with Crippen LogP contribution in [0.5, 0.6) is 5.75 Å². The Morgan fingerprint density at radius 1 is 0.937 bits per heavy atom. The number of amides is 6. The molecule has 0 radical (unpaired) electrons. The summed E-state index contributed by atoms with van der Waals surface area (Å²) in [5.74, 6) is -4.67. The number of para-hydroxylation sites is 1. The van der Waals surface area contributed by atoms with E-state index < -0.39 is 95.5 Å². The summed E-state index contributed by atoms with van der Waals surface area (Å²) < 4.78 is 6.64. The number of phenolic OH excluding ortho intramolecular Hbond substituents is 1. The highest BCUT2D eigenvalue weighted by Crippen LogP contribution is 2.30. The van der Waals surface area contributed by atoms with Crippen molar-refractivity contribution in [3.05, 3.63) is 111 Å². The number of aliphatic hydroxyl groups is 1. The summed E-state index contributed by atoms with van der Waals surface area (Å²) >= 11 is 0. The maximum Gasteiger partial charge on any atom is 0.331 e. The highest BCUT2D eigenvalue weighted by atomic mass is 16.5. The van der Waals surface area contributed by atoms with E-state index in [9.17, 15) is 53.7 Å². The zero-order valence-corrected chi connectivity index (χ0v) is 34.7. The second-order valence-corrected chi connectivity index (χ2v) is 15.1. The van der Waals surface area contributed by atoms with Gasteiger partial charge in [-0.05, 0) is 50.1 Å². The standard InChI is InChI=1S/C41H50N10O12/c1-20(42)34(55)46-29(15-23-8-7-9-25(52)14-23)37(58)50(4)22(3)33(36(57)44-19-26-17-31(53)38(63-26)51-13-12-32(54)48-41(51)62)49-35(56)21(2)45-40(61)47-30(39(59)60)16-24-18-43-28-11-6-5-10-27(24)28/h5-14,18-22,29-31,33,38,43,52-53H,15-17,42H2,1-4H3,(H,44,57)(H,46,55)(H,49,56)(H,59,60)(H2,45,47,61)(H,48,54,62)/b26-19-/t20-,21-,22?,29-,30-,31?,33?,38?/m0/s1. The van der Waals surface area contributed by atoms with Gasteiger partial charge in [0.1, 0.15) is 41.8 Å². The number of carbonyl (C=O) groups is 6. The van der Waals surface area contributed by atoms with Crippen LogP contribution in [0.25, 0.3) is 10.9 Å². The predicted molar refractivity (Wildman–Crippen MR) is 224 cm³/mol. The lowest BCUT2D eigenvalue weighted by molar-refractivity contribution is -0.140. The zero-order valence-electron chi connectivity index (χ0n) is 34.7. The third kappa shape index (κ3) is 11.9. The van der Waals surface area contributed by atoms with Crippen LogP contribution in [0.4, 0.5) is 4.79 Å². The molecule has 0 saturated carbocycles. The van der Waals surface area contributed by atoms with Gasteiger partial charge in [-0.25, -0.2) is 14.4 Å². The van der Waals surface area contributed by atoms with Crippen LogP contribution in [0.15, 0.2) is 88.5 Å². The topological polar surface area (TPSA) is 332 Å². The number of H-pyrrole nitrogens is 2. The van der Waals surface area contributed by atoms with Crippen molar-refractivity contribution in [3.8, 4) is 5.75 Å². The highest BCUT2D eigenvalue weighted by molar-refractivity contribution is 5.94. The van der Waals surface area contributed by atoms with Gasteiger partial charge in [-0.2, -0.15) is 0 Å². The number of nitrogens with one attached hydrogen (secondary N) is 7. The average molecular weight is 875 g/mol. The van der Waals surface area contributed by atoms with Crippen LogP contribution in [0.3, 0.4) is 0 Å². The monoisotopic (exact) mass is 874 g/mol. The summed E-state index contributed by atoms with van der Waals surface area (Å²) in [6.07, 6.45) is 0.895. The maximum absolute atomic E-state index is 14.1. The van der Waals surface area contributed by atoms with Gasteiger partial charge in [0.05, 0.1) is 12.1 Å². The van der Waals surface area contributed by atoms with Crippen LogP contribution < -0.4 is 43.6 Å². The number of fused-ring (bicyclic) bond motifs is 1. The smallest absolute Gasteiger partial charge is 0.331 e. The van der Waals surface area contributed by atoms with E-state index in [4.69, 9.17) is 10.5 Å². The van der Waals surface area contributed by atoms with E-state index >= 15 is 0 Å². The third-order valence-electron chi connectivity index (χ3n) is 10.4. The summed E-state index contributed by atoms with van der Waals surface area (Å²) in [4.78, 5) is 110. The van der Waals surface area contributed by atoms with E-state index in [0.29, 0.717) is 11.1 Å². The number of carboxylic acid groups (broad SMARTS) is 1. The molecule has 0 spiro atoms. The number of aliphatic hydroxyl groups excluding tert-OH is 1. The number of aromatic amines is 2. The Morgan fingerprint density at radius 2 is 1.67 bits per heavy atom. The lowest BCUT2D eigenvalue weighted by Gasteiger charge is -2.34. The fraction of sp³-hybridized carbons (Fsp3) is 0.366. The zero-order chi connectivity index (χ0) is 46.1. The average Bonchev–Trinajstić information content (AvgIpc) is 3.82. The minimum atomic E-state index is -1.60. The summed E-state index contributed by atoms with van der Waals surface area (Å²) in [5, 5.41) is 43.7. The van der Waals surface area contributed by atoms with Gasteiger partial charge < -0.3 is 62.3 Å². The Balaban J connectivity index is 1.35. The predicted octanol–water partition coefficient (Wildman–Crippen LogP) is -1.25. The van der Waals surface area contributed by atoms with Crippen LogP contribution >= 0.6 is 0 Å². The fourth-order valence-corrected chi connectivity index (χ4v) is 6.75. The van der Waals surface area contributed by atoms with Crippen molar-refractivity contribution in [2.75, 3.05) is 7.05 Å². The number of aromatic nitrogens is 3. The molecule has 8 atom stereocenters. The van der Waals surface area contributed by atoms with Crippen molar-refractivity contribution in [3.63, 3.8) is 0 Å². The summed E-state index contributed by atoms with van der Waals surface area (Å²) in [5.41, 5.74) is 6.12. The molecule has 63 heavy (non-hydrogen) atoms. The van der Waals surface area contributed by atoms with Gasteiger partial charge in [0.2, 0.25) is 29.9 Å². The van der Waals surface area contributed by atoms with Gasteiger partial charge in [-0.3, -0.25) is 33.5 Å². The molecule has 4 unspecified atom stereocenters. The van der Waals surface area contributed by atoms with Crippen molar-refractivity contribution < 1.29 is 48.8 Å². The van der Waals surface area contributed by atoms with Crippen LogP contribution in [0, 0.1) is 0 Å². The first-order valence-electron chi connectivity index (χ1n) is 19.7. The molecule has 22 heteroatoms. The van der Waals surface area contributed by atoms with Crippen LogP contribution in [-0.2, 0) is 41.6 Å². The van der Waals surface area contributed by atoms with E-state index in [0.717, 1.165) is 38.8 Å². The number of ether oxygens (including phenoxy) is 1. The number of aliphatic carboxylic acids is 1. The Kier molecular flexibility index (Phi) is 15.1. The molecule has 12 N–H and O–H groups in total. The van der Waals surface area contributed by atoms with Gasteiger partial charge in [-0.1, -0.05) is 30.3 Å². The molecule has 2 aromatic heterocycles. The maximum atomic E-state index is 14.1. The lowest BCUT2D eigenvalue weighted by Crippen LogP contribution is -2.62. The molecule has 1 saturated heterocycles. The Morgan fingerprint density at radius 3 is 2.35 bits per heavy atom. The quantitative estimate of drug-likeness (QED) is 0.0592. The minimum absolute atomic E-state index is 0.00164. The Labute approximate surface area is 358 Å². The SMILES string of the molecule is CC(C(NC(=O)[C@H](C)NC(=O)N[C@@H](Cc1c[nH]c2ccccc12)C(=O)O)C(=O)N/C=C1/CC(O)C(n2ccc(=O)[nH]c2=O)O1)N(C)C(=O)[C@H](Cc1cccc(O)c1)NC(=O)[C@H](C)N. The molecule has 1 fully saturated rings. The molecule has 1 aliphatic heterocycles. The first kappa shape index (κ1) is 46.6. The first-order valence-corrected chi connectivity index (χ1v) is 19.7. The molecule has 0 aliphatic carbocycles. The van der Waals surface area contributed by atoms with Crippen LogP contribution in [-0.4, -0.2) is 120 Å². The molecule has 4 aromatic rings. The molecular formula is C41H50N10O12. The number of phenols is 1. The van der Waals surface area contributed by atoms with Crippen molar-refractivity contribution in [1.29, 1.82) is 0 Å². The number of aromatic hydroxyl groups is 1. The molecule has 6 amide bonds. The number of carbonyl (C=O) groups excluding carboxylic acids is 5. The summed E-state index contributed by atoms with van der Waals surface area (Å²) in [7, 11) is 1.32. The van der Waals surface area contributed by atoms with Crippen LogP contribution in [0.1, 0.15) is 44.5 Å². The third-order valence-corrected chi connectivity index (χ3v) is 10.4. The molecule has 3 heterocycles. The van der Waals surface area contributed by atoms with Crippen molar-refractivity contribution >= 4 is 46.5 Å². The van der Waals surface area contributed by atoms with Gasteiger partial charge in [0, 0.05) is 61.9 Å². The second-order valence-electron chi connectivity index (χ2n) is 15.1. The molecule has 2 aromatic carbocycles. The van der Waals surface area contributed by atoms with E-state index in [2.05, 4.69) is 36.6 Å². The molecular weight excluding hydrogens is 825 g/mol. The minimum Gasteiger partial charge on any atom is -0.508 e. The van der Waals surface area contributed by atoms with E-state index in [1.165, 1.54) is 40.0 Å². The van der Waals surface area contributed by atoms with E-state index in [1.54, 1.807) is 30.5 Å². The van der Waals surface area contributed by atoms with E-state index in [1.807, 2.05) is 12.1 Å². The van der Waals surface area contributed by atoms with Crippen molar-refractivity contribution in [1.82, 2.24) is 46.0 Å². The first-order chi connectivity index (χ1) is 29.8. The normalized spacial score (nSPS) is 18.2. The number of hydrogen-bond acceptors (Lipinski definition) is 12. The van der Waals surface area contributed by atoms with Gasteiger partial charge in [0.25, 0.3) is 5.56 Å². The lowest BCUT2D eigenvalue weighted by atomic mass is 10.0. The van der Waals surface area contributed by atoms with Gasteiger partial charge in [0.15, 0.2) is 0 Å². The second kappa shape index (κ2) is 20.4. The molecule has 22 nitrogen and oxygen atoms in total. The molecule has 336 valence electrons. The van der Waals surface area contributed by atoms with Crippen molar-refractivity contribution in [2.45, 2.75) is 88.6 Å². The number of hydrogen-bond donors (Lipinski definition) is 11. The molecule has 5 rings (SSSR count). The number of urea groups is 1. The summed E-state index contributed by atoms with van der Waals surface area (Å²) in [6.45, 7) is 4.12. The number of carboxylic acids is 1. The Hall–Kier alpha value is -7.46. The fourth-order valence-electron chi connectivity index (χ4n) is 6.75. The van der Waals surface area contributed by atoms with Gasteiger partial charge >= 0.3 is 17.7 Å². The molecule has 1 aliphatic rings. The number of nitrogens with zero attached hydrogens (tertiary/aromatic N) is 2. The molecule has 0 bridgehead atoms. The van der Waals surface area contributed by atoms with Crippen LogP contribution in [0.2, 0.25) is 0 Å². The highest BCUT2D eigenvalue weighted by Gasteiger charge is 2.37. The van der Waals surface area contributed by atoms with Gasteiger partial charge in [-0.15, -0.1) is 0 Å². The number of likely N-dealkylation sites (N-methyl/N-ethyl adjacent to an activating group) is 1. The summed E-state index contributed by atoms with van der Waals surface area (Å²) in [6, 6.07) is 5.37.